The molecule has 0 bridgehead atoms. The minimum Gasteiger partial charge on any atom is -0.384 e. The molecule has 12 heteroatoms. The first kappa shape index (κ1) is 22.7. The molecule has 0 radical (unpaired) electrons. The average molecular weight is 497 g/mol. The normalized spacial score (nSPS) is 13.3. The van der Waals surface area contributed by atoms with E-state index in [2.05, 4.69) is 9.97 Å². The zero-order valence-corrected chi connectivity index (χ0v) is 18.8. The Bertz CT molecular complexity index is 1690. The van der Waals surface area contributed by atoms with Crippen molar-refractivity contribution < 1.29 is 13.6 Å². The van der Waals surface area contributed by atoms with Gasteiger partial charge in [0.15, 0.2) is 10.9 Å². The molecular formula is C23H17F2N5O4S. The molecular weight excluding hydrogens is 480 g/mol. The van der Waals surface area contributed by atoms with E-state index in [1.54, 1.807) is 18.2 Å². The molecule has 1 saturated carbocycles. The van der Waals surface area contributed by atoms with Crippen LogP contribution in [0.2, 0.25) is 0 Å². The van der Waals surface area contributed by atoms with Crippen molar-refractivity contribution in [3.8, 4) is 5.69 Å². The molecule has 9 nitrogen and oxygen atoms in total. The van der Waals surface area contributed by atoms with E-state index in [0.717, 1.165) is 28.5 Å². The highest BCUT2D eigenvalue weighted by molar-refractivity contribution is 7.99. The summed E-state index contributed by atoms with van der Waals surface area (Å²) in [6.45, 7) is 0. The standard InChI is InChI=1S/C23H17F2N5O4S/c24-11-5-8-16(14(25)9-11)30-21(33)13-3-1-2-4-15(13)27-23(30)35-10-17(31)18-19(26)29(12-6-7-12)22(34)28-20(18)32/h1-5,8-9,12H,6-7,10,26H2,(H,28,32,34). The number of hydrogen-bond acceptors (Lipinski definition) is 7. The van der Waals surface area contributed by atoms with Crippen LogP contribution in [0.25, 0.3) is 16.6 Å². The molecule has 1 fully saturated rings. The molecule has 0 aliphatic heterocycles. The Morgan fingerprint density at radius 1 is 1.14 bits per heavy atom. The number of thioether (sulfide) groups is 1. The van der Waals surface area contributed by atoms with E-state index in [-0.39, 0.29) is 39.4 Å². The summed E-state index contributed by atoms with van der Waals surface area (Å²) in [6, 6.07) is 8.95. The molecule has 2 aromatic carbocycles. The summed E-state index contributed by atoms with van der Waals surface area (Å²) in [5.74, 6) is -3.12. The Balaban J connectivity index is 1.58. The number of benzene rings is 2. The van der Waals surface area contributed by atoms with E-state index in [0.29, 0.717) is 24.4 Å². The maximum absolute atomic E-state index is 14.6. The van der Waals surface area contributed by atoms with Gasteiger partial charge in [-0.1, -0.05) is 23.9 Å². The van der Waals surface area contributed by atoms with Crippen LogP contribution in [0.4, 0.5) is 14.6 Å². The van der Waals surface area contributed by atoms with Gasteiger partial charge >= 0.3 is 5.69 Å². The number of H-pyrrole nitrogens is 1. The van der Waals surface area contributed by atoms with Crippen molar-refractivity contribution in [2.24, 2.45) is 0 Å². The lowest BCUT2D eigenvalue weighted by atomic mass is 10.2. The van der Waals surface area contributed by atoms with Gasteiger partial charge in [-0.3, -0.25) is 28.5 Å². The number of Topliss-reactive ketones (excluding diaryl/α,β-unsaturated/α-hetero) is 1. The number of halogens is 2. The van der Waals surface area contributed by atoms with Crippen molar-refractivity contribution in [2.75, 3.05) is 11.5 Å². The topological polar surface area (TPSA) is 133 Å². The van der Waals surface area contributed by atoms with Gasteiger partial charge in [0.05, 0.1) is 22.3 Å². The van der Waals surface area contributed by atoms with Crippen LogP contribution in [0, 0.1) is 11.6 Å². The van der Waals surface area contributed by atoms with Crippen molar-refractivity contribution in [1.29, 1.82) is 0 Å². The number of ketones is 1. The van der Waals surface area contributed by atoms with Gasteiger partial charge in [0.1, 0.15) is 23.0 Å². The molecule has 0 amide bonds. The monoisotopic (exact) mass is 497 g/mol. The fraction of sp³-hybridized carbons (Fsp3) is 0.174. The van der Waals surface area contributed by atoms with Crippen molar-refractivity contribution in [3.63, 3.8) is 0 Å². The number of nitrogens with zero attached hydrogens (tertiary/aromatic N) is 3. The number of rotatable bonds is 6. The van der Waals surface area contributed by atoms with E-state index in [9.17, 15) is 28.0 Å². The summed E-state index contributed by atoms with van der Waals surface area (Å²) in [5.41, 5.74) is 3.49. The number of para-hydroxylation sites is 1. The second-order valence-corrected chi connectivity index (χ2v) is 8.92. The Hall–Kier alpha value is -4.06. The third kappa shape index (κ3) is 4.05. The van der Waals surface area contributed by atoms with Gasteiger partial charge in [-0.25, -0.2) is 18.6 Å². The van der Waals surface area contributed by atoms with Gasteiger partial charge in [-0.05, 0) is 37.1 Å². The predicted molar refractivity (Wildman–Crippen MR) is 126 cm³/mol. The van der Waals surface area contributed by atoms with E-state index < -0.39 is 34.2 Å². The third-order valence-corrected chi connectivity index (χ3v) is 6.54. The Labute approximate surface area is 199 Å². The summed E-state index contributed by atoms with van der Waals surface area (Å²) in [7, 11) is 0. The van der Waals surface area contributed by atoms with Gasteiger partial charge < -0.3 is 5.73 Å². The van der Waals surface area contributed by atoms with Crippen LogP contribution in [-0.2, 0) is 0 Å². The highest BCUT2D eigenvalue weighted by Gasteiger charge is 2.30. The number of anilines is 1. The van der Waals surface area contributed by atoms with Crippen LogP contribution in [0.3, 0.4) is 0 Å². The molecule has 4 aromatic rings. The van der Waals surface area contributed by atoms with Gasteiger partial charge in [-0.15, -0.1) is 0 Å². The molecule has 0 unspecified atom stereocenters. The number of carbonyl (C=O) groups excluding carboxylic acids is 1. The largest absolute Gasteiger partial charge is 0.384 e. The van der Waals surface area contributed by atoms with Crippen LogP contribution in [0.5, 0.6) is 0 Å². The van der Waals surface area contributed by atoms with E-state index >= 15 is 0 Å². The summed E-state index contributed by atoms with van der Waals surface area (Å²) < 4.78 is 30.3. The van der Waals surface area contributed by atoms with E-state index in [4.69, 9.17) is 5.73 Å². The van der Waals surface area contributed by atoms with Gasteiger partial charge in [0.25, 0.3) is 11.1 Å². The molecule has 0 saturated heterocycles. The molecule has 1 aliphatic rings. The minimum absolute atomic E-state index is 0.0435. The summed E-state index contributed by atoms with van der Waals surface area (Å²) in [4.78, 5) is 57.2. The van der Waals surface area contributed by atoms with E-state index in [1.807, 2.05) is 0 Å². The number of aromatic amines is 1. The number of nitrogens with two attached hydrogens (primary N) is 1. The molecule has 2 aromatic heterocycles. The highest BCUT2D eigenvalue weighted by atomic mass is 32.2. The first-order valence-corrected chi connectivity index (χ1v) is 11.5. The zero-order valence-electron chi connectivity index (χ0n) is 18.0. The maximum Gasteiger partial charge on any atom is 0.330 e. The first-order valence-electron chi connectivity index (χ1n) is 10.5. The number of aromatic nitrogens is 4. The third-order valence-electron chi connectivity index (χ3n) is 5.60. The number of nitrogens with one attached hydrogen (secondary N) is 1. The average Bonchev–Trinajstić information content (AvgIpc) is 3.63. The van der Waals surface area contributed by atoms with E-state index in [1.165, 1.54) is 10.6 Å². The second-order valence-electron chi connectivity index (χ2n) is 7.98. The highest BCUT2D eigenvalue weighted by Crippen LogP contribution is 2.35. The van der Waals surface area contributed by atoms with Crippen molar-refractivity contribution in [3.05, 3.63) is 90.9 Å². The first-order chi connectivity index (χ1) is 16.8. The lowest BCUT2D eigenvalue weighted by molar-refractivity contribution is 0.102. The Morgan fingerprint density at radius 2 is 1.89 bits per heavy atom. The van der Waals surface area contributed by atoms with Crippen LogP contribution < -0.4 is 22.5 Å². The number of nitrogen functional groups attached to an aromatic ring is 1. The van der Waals surface area contributed by atoms with Crippen molar-refractivity contribution >= 4 is 34.3 Å². The van der Waals surface area contributed by atoms with Crippen LogP contribution >= 0.6 is 11.8 Å². The maximum atomic E-state index is 14.6. The molecule has 5 rings (SSSR count). The Morgan fingerprint density at radius 3 is 2.60 bits per heavy atom. The van der Waals surface area contributed by atoms with Gasteiger partial charge in [0.2, 0.25) is 0 Å². The van der Waals surface area contributed by atoms with Crippen molar-refractivity contribution in [2.45, 2.75) is 24.0 Å². The van der Waals surface area contributed by atoms with Crippen LogP contribution in [0.1, 0.15) is 29.2 Å². The quantitative estimate of drug-likeness (QED) is 0.237. The lowest BCUT2D eigenvalue weighted by Gasteiger charge is -2.14. The van der Waals surface area contributed by atoms with Crippen molar-refractivity contribution in [1.82, 2.24) is 19.1 Å². The number of fused-ring (bicyclic) bond motifs is 1. The van der Waals surface area contributed by atoms with Gasteiger partial charge in [0, 0.05) is 12.1 Å². The minimum atomic E-state index is -0.991. The second kappa shape index (κ2) is 8.62. The smallest absolute Gasteiger partial charge is 0.330 e. The number of hydrogen-bond donors (Lipinski definition) is 2. The lowest BCUT2D eigenvalue weighted by Crippen LogP contribution is -2.36. The van der Waals surface area contributed by atoms with Crippen LogP contribution in [0.15, 0.2) is 62.0 Å². The van der Waals surface area contributed by atoms with Crippen LogP contribution in [-0.4, -0.2) is 30.6 Å². The summed E-state index contributed by atoms with van der Waals surface area (Å²) in [5, 5.41) is 0.155. The number of carbonyl (C=O) groups is 1. The SMILES string of the molecule is Nc1c(C(=O)CSc2nc3ccccc3c(=O)n2-c2ccc(F)cc2F)c(=O)[nH]c(=O)n1C1CC1. The molecule has 3 N–H and O–H groups in total. The fourth-order valence-corrected chi connectivity index (χ4v) is 4.70. The predicted octanol–water partition coefficient (Wildman–Crippen LogP) is 2.41. The molecule has 2 heterocycles. The summed E-state index contributed by atoms with van der Waals surface area (Å²) >= 11 is 0.784. The molecule has 0 spiro atoms. The van der Waals surface area contributed by atoms with Gasteiger partial charge in [-0.2, -0.15) is 0 Å². The molecule has 35 heavy (non-hydrogen) atoms. The molecule has 1 aliphatic carbocycles. The molecule has 178 valence electrons. The zero-order chi connectivity index (χ0) is 24.9. The fourth-order valence-electron chi connectivity index (χ4n) is 3.82. The molecule has 0 atom stereocenters. The Kier molecular flexibility index (Phi) is 5.59. The summed E-state index contributed by atoms with van der Waals surface area (Å²) in [6.07, 6.45) is 1.41.